The summed E-state index contributed by atoms with van der Waals surface area (Å²) in [6.07, 6.45) is 3.26. The normalized spacial score (nSPS) is 10.9. The quantitative estimate of drug-likeness (QED) is 0.277. The minimum atomic E-state index is -0.138. The highest BCUT2D eigenvalue weighted by molar-refractivity contribution is 6.33. The van der Waals surface area contributed by atoms with E-state index in [1.807, 2.05) is 38.2 Å². The van der Waals surface area contributed by atoms with Crippen molar-refractivity contribution >= 4 is 46.4 Å². The van der Waals surface area contributed by atoms with Crippen LogP contribution in [0.25, 0.3) is 11.4 Å². The SMILES string of the molecule is CCc1cccc(CC)c1NC(=O)c1ccc(Nc2ncc(Cl)c(-c3ccc(Cl)n3C)n2)c(C)c1. The number of nitrogens with one attached hydrogen (secondary N) is 2. The molecule has 0 fully saturated rings. The number of rotatable bonds is 7. The number of hydrogen-bond acceptors (Lipinski definition) is 4. The molecule has 0 saturated carbocycles. The van der Waals surface area contributed by atoms with Crippen LogP contribution in [0.4, 0.5) is 17.3 Å². The highest BCUT2D eigenvalue weighted by Gasteiger charge is 2.15. The van der Waals surface area contributed by atoms with Gasteiger partial charge < -0.3 is 15.2 Å². The molecule has 0 saturated heterocycles. The smallest absolute Gasteiger partial charge is 0.255 e. The molecule has 8 heteroatoms. The lowest BCUT2D eigenvalue weighted by atomic mass is 10.0. The molecule has 0 aliphatic heterocycles. The van der Waals surface area contributed by atoms with Gasteiger partial charge in [0.1, 0.15) is 10.8 Å². The van der Waals surface area contributed by atoms with Gasteiger partial charge in [-0.05, 0) is 66.8 Å². The van der Waals surface area contributed by atoms with Gasteiger partial charge in [-0.3, -0.25) is 4.79 Å². The van der Waals surface area contributed by atoms with E-state index in [2.05, 4.69) is 46.6 Å². The number of carbonyl (C=O) groups is 1. The maximum absolute atomic E-state index is 13.1. The second kappa shape index (κ2) is 10.5. The van der Waals surface area contributed by atoms with Gasteiger partial charge in [-0.1, -0.05) is 55.2 Å². The zero-order chi connectivity index (χ0) is 25.1. The molecule has 0 aliphatic rings. The van der Waals surface area contributed by atoms with Crippen LogP contribution in [0.15, 0.2) is 54.7 Å². The molecule has 0 atom stereocenters. The van der Waals surface area contributed by atoms with Crippen LogP contribution in [-0.4, -0.2) is 20.4 Å². The van der Waals surface area contributed by atoms with Gasteiger partial charge in [0.2, 0.25) is 5.95 Å². The van der Waals surface area contributed by atoms with E-state index in [4.69, 9.17) is 23.2 Å². The minimum Gasteiger partial charge on any atom is -0.333 e. The van der Waals surface area contributed by atoms with Crippen LogP contribution in [0.1, 0.15) is 40.9 Å². The van der Waals surface area contributed by atoms with E-state index < -0.39 is 0 Å². The summed E-state index contributed by atoms with van der Waals surface area (Å²) < 4.78 is 1.80. The molecule has 0 bridgehead atoms. The van der Waals surface area contributed by atoms with Crippen molar-refractivity contribution in [3.63, 3.8) is 0 Å². The van der Waals surface area contributed by atoms with E-state index in [1.54, 1.807) is 22.9 Å². The lowest BCUT2D eigenvalue weighted by molar-refractivity contribution is 0.102. The van der Waals surface area contributed by atoms with Gasteiger partial charge in [-0.15, -0.1) is 0 Å². The second-order valence-corrected chi connectivity index (χ2v) is 9.05. The second-order valence-electron chi connectivity index (χ2n) is 8.26. The fourth-order valence-electron chi connectivity index (χ4n) is 3.99. The highest BCUT2D eigenvalue weighted by Crippen LogP contribution is 2.30. The minimum absolute atomic E-state index is 0.138. The van der Waals surface area contributed by atoms with Crippen LogP contribution < -0.4 is 10.6 Å². The van der Waals surface area contributed by atoms with Gasteiger partial charge in [-0.25, -0.2) is 9.97 Å². The molecule has 2 N–H and O–H groups in total. The molecule has 4 rings (SSSR count). The van der Waals surface area contributed by atoms with Crippen molar-refractivity contribution in [2.45, 2.75) is 33.6 Å². The first-order valence-corrected chi connectivity index (χ1v) is 12.2. The van der Waals surface area contributed by atoms with Crippen molar-refractivity contribution in [1.29, 1.82) is 0 Å². The molecule has 2 heterocycles. The first kappa shape index (κ1) is 24.8. The van der Waals surface area contributed by atoms with Crippen LogP contribution in [0, 0.1) is 6.92 Å². The third kappa shape index (κ3) is 5.19. The Hall–Kier alpha value is -3.35. The molecular weight excluding hydrogens is 481 g/mol. The van der Waals surface area contributed by atoms with Gasteiger partial charge >= 0.3 is 0 Å². The van der Waals surface area contributed by atoms with Crippen LogP contribution in [0.3, 0.4) is 0 Å². The molecular formula is C27H27Cl2N5O. The first-order valence-electron chi connectivity index (χ1n) is 11.5. The maximum atomic E-state index is 13.1. The van der Waals surface area contributed by atoms with Gasteiger partial charge in [0.15, 0.2) is 0 Å². The van der Waals surface area contributed by atoms with Crippen LogP contribution in [-0.2, 0) is 19.9 Å². The Morgan fingerprint density at radius 3 is 2.34 bits per heavy atom. The zero-order valence-electron chi connectivity index (χ0n) is 20.1. The Labute approximate surface area is 215 Å². The molecule has 180 valence electrons. The van der Waals surface area contributed by atoms with E-state index in [0.29, 0.717) is 27.4 Å². The van der Waals surface area contributed by atoms with Gasteiger partial charge in [0.25, 0.3) is 5.91 Å². The third-order valence-electron chi connectivity index (χ3n) is 6.02. The Kier molecular flexibility index (Phi) is 7.43. The van der Waals surface area contributed by atoms with Crippen molar-refractivity contribution in [1.82, 2.24) is 14.5 Å². The summed E-state index contributed by atoms with van der Waals surface area (Å²) in [6.45, 7) is 6.11. The number of aryl methyl sites for hydroxylation is 3. The lowest BCUT2D eigenvalue weighted by Crippen LogP contribution is -2.15. The van der Waals surface area contributed by atoms with Crippen molar-refractivity contribution in [3.8, 4) is 11.4 Å². The molecule has 0 spiro atoms. The standard InChI is InChI=1S/C27H27Cl2N5O/c1-5-17-8-7-9-18(6-2)24(17)32-26(35)19-10-11-21(16(3)14-19)31-27-30-15-20(28)25(33-27)22-12-13-23(29)34(22)4/h7-15H,5-6H2,1-4H3,(H,32,35)(H,30,31,33). The predicted octanol–water partition coefficient (Wildman–Crippen LogP) is 7.22. The molecule has 0 unspecified atom stereocenters. The zero-order valence-corrected chi connectivity index (χ0v) is 21.6. The predicted molar refractivity (Wildman–Crippen MR) is 144 cm³/mol. The Morgan fingerprint density at radius 2 is 1.74 bits per heavy atom. The van der Waals surface area contributed by atoms with E-state index in [1.165, 1.54) is 0 Å². The number of nitrogens with zero attached hydrogens (tertiary/aromatic N) is 3. The van der Waals surface area contributed by atoms with Gasteiger partial charge in [0.05, 0.1) is 16.9 Å². The van der Waals surface area contributed by atoms with Crippen molar-refractivity contribution in [3.05, 3.63) is 87.2 Å². The van der Waals surface area contributed by atoms with Gasteiger partial charge in [0, 0.05) is 24.0 Å². The molecule has 2 aromatic carbocycles. The molecule has 4 aromatic rings. The highest BCUT2D eigenvalue weighted by atomic mass is 35.5. The van der Waals surface area contributed by atoms with Crippen molar-refractivity contribution in [2.75, 3.05) is 10.6 Å². The molecule has 0 aliphatic carbocycles. The number of para-hydroxylation sites is 1. The lowest BCUT2D eigenvalue weighted by Gasteiger charge is -2.15. The number of benzene rings is 2. The van der Waals surface area contributed by atoms with E-state index in [-0.39, 0.29) is 5.91 Å². The summed E-state index contributed by atoms with van der Waals surface area (Å²) in [7, 11) is 1.85. The van der Waals surface area contributed by atoms with Crippen LogP contribution in [0.2, 0.25) is 10.2 Å². The van der Waals surface area contributed by atoms with Crippen molar-refractivity contribution in [2.24, 2.45) is 7.05 Å². The summed E-state index contributed by atoms with van der Waals surface area (Å²) in [5.74, 6) is 0.257. The molecule has 0 radical (unpaired) electrons. The Bertz CT molecular complexity index is 1370. The largest absolute Gasteiger partial charge is 0.333 e. The van der Waals surface area contributed by atoms with E-state index in [9.17, 15) is 4.79 Å². The summed E-state index contributed by atoms with van der Waals surface area (Å²) in [6, 6.07) is 15.3. The topological polar surface area (TPSA) is 71.8 Å². The molecule has 1 amide bonds. The molecule has 35 heavy (non-hydrogen) atoms. The Morgan fingerprint density at radius 1 is 1.03 bits per heavy atom. The van der Waals surface area contributed by atoms with Crippen molar-refractivity contribution < 1.29 is 4.79 Å². The summed E-state index contributed by atoms with van der Waals surface area (Å²) in [5.41, 5.74) is 6.79. The third-order valence-corrected chi connectivity index (χ3v) is 6.68. The number of aromatic nitrogens is 3. The fourth-order valence-corrected chi connectivity index (χ4v) is 4.33. The van der Waals surface area contributed by atoms with Gasteiger partial charge in [-0.2, -0.15) is 0 Å². The monoisotopic (exact) mass is 507 g/mol. The summed E-state index contributed by atoms with van der Waals surface area (Å²) in [5, 5.41) is 7.37. The Balaban J connectivity index is 1.56. The maximum Gasteiger partial charge on any atom is 0.255 e. The number of carbonyl (C=O) groups excluding carboxylic acids is 1. The average Bonchev–Trinajstić information content (AvgIpc) is 3.19. The number of hydrogen-bond donors (Lipinski definition) is 2. The number of halogens is 2. The fraction of sp³-hybridized carbons (Fsp3) is 0.222. The van der Waals surface area contributed by atoms with Crippen LogP contribution in [0.5, 0.6) is 0 Å². The summed E-state index contributed by atoms with van der Waals surface area (Å²) >= 11 is 12.5. The average molecular weight is 508 g/mol. The first-order chi connectivity index (χ1) is 16.8. The number of amides is 1. The molecule has 2 aromatic heterocycles. The van der Waals surface area contributed by atoms with Crippen LogP contribution >= 0.6 is 23.2 Å². The number of anilines is 3. The van der Waals surface area contributed by atoms with E-state index >= 15 is 0 Å². The summed E-state index contributed by atoms with van der Waals surface area (Å²) in [4.78, 5) is 22.0. The van der Waals surface area contributed by atoms with E-state index in [0.717, 1.165) is 46.6 Å². The molecule has 6 nitrogen and oxygen atoms in total.